The van der Waals surface area contributed by atoms with E-state index in [1.807, 2.05) is 0 Å². The summed E-state index contributed by atoms with van der Waals surface area (Å²) in [4.78, 5) is 2.31. The van der Waals surface area contributed by atoms with Gasteiger partial charge in [0.05, 0.1) is 5.69 Å². The Labute approximate surface area is 121 Å². The second-order valence-electron chi connectivity index (χ2n) is 5.42. The monoisotopic (exact) mass is 272 g/mol. The van der Waals surface area contributed by atoms with Crippen molar-refractivity contribution < 1.29 is 0 Å². The Balaban J connectivity index is 2.41. The van der Waals surface area contributed by atoms with Gasteiger partial charge in [-0.15, -0.1) is 5.10 Å². The van der Waals surface area contributed by atoms with Crippen LogP contribution in [0.1, 0.15) is 63.3 Å². The van der Waals surface area contributed by atoms with Gasteiger partial charge in [-0.2, -0.15) is 10.4 Å². The van der Waals surface area contributed by atoms with Crippen molar-refractivity contribution in [3.8, 4) is 6.07 Å². The summed E-state index contributed by atoms with van der Waals surface area (Å²) in [5, 5.41) is 18.4. The Morgan fingerprint density at radius 1 is 1.20 bits per heavy atom. The van der Waals surface area contributed by atoms with E-state index in [4.69, 9.17) is 0 Å². The number of anilines is 1. The van der Waals surface area contributed by atoms with Gasteiger partial charge in [-0.3, -0.25) is 0 Å². The smallest absolute Gasteiger partial charge is 0.169 e. The molecule has 4 heteroatoms. The van der Waals surface area contributed by atoms with Crippen LogP contribution in [-0.4, -0.2) is 22.8 Å². The van der Waals surface area contributed by atoms with Gasteiger partial charge < -0.3 is 4.90 Å². The van der Waals surface area contributed by atoms with Crippen molar-refractivity contribution in [2.24, 2.45) is 0 Å². The minimum absolute atomic E-state index is 0.570. The fourth-order valence-electron chi connectivity index (χ4n) is 2.66. The normalized spacial score (nSPS) is 14.1. The highest BCUT2D eigenvalue weighted by Crippen LogP contribution is 2.33. The molecule has 1 heterocycles. The van der Waals surface area contributed by atoms with E-state index in [1.54, 1.807) is 0 Å². The molecule has 20 heavy (non-hydrogen) atoms. The van der Waals surface area contributed by atoms with Crippen LogP contribution in [0.15, 0.2) is 0 Å². The SMILES string of the molecule is CCCCN(c1nnc(CC)c(CC)c1C#N)C1CC1. The van der Waals surface area contributed by atoms with Crippen molar-refractivity contribution in [3.05, 3.63) is 16.8 Å². The van der Waals surface area contributed by atoms with E-state index in [2.05, 4.69) is 41.9 Å². The first kappa shape index (κ1) is 14.8. The molecule has 1 aliphatic rings. The third-order valence-electron chi connectivity index (χ3n) is 3.95. The van der Waals surface area contributed by atoms with E-state index in [0.717, 1.165) is 54.9 Å². The Bertz CT molecular complexity index is 500. The maximum Gasteiger partial charge on any atom is 0.169 e. The predicted molar refractivity (Wildman–Crippen MR) is 80.8 cm³/mol. The van der Waals surface area contributed by atoms with E-state index >= 15 is 0 Å². The van der Waals surface area contributed by atoms with E-state index in [0.29, 0.717) is 6.04 Å². The molecule has 0 saturated heterocycles. The van der Waals surface area contributed by atoms with Crippen LogP contribution in [0.25, 0.3) is 0 Å². The number of hydrogen-bond donors (Lipinski definition) is 0. The van der Waals surface area contributed by atoms with Gasteiger partial charge in [0.1, 0.15) is 11.6 Å². The number of hydrogen-bond acceptors (Lipinski definition) is 4. The topological polar surface area (TPSA) is 52.8 Å². The van der Waals surface area contributed by atoms with Crippen LogP contribution >= 0.6 is 0 Å². The molecule has 0 aromatic carbocycles. The van der Waals surface area contributed by atoms with E-state index in [-0.39, 0.29) is 0 Å². The maximum atomic E-state index is 9.58. The molecule has 0 amide bonds. The van der Waals surface area contributed by atoms with E-state index in [9.17, 15) is 5.26 Å². The number of nitriles is 1. The zero-order chi connectivity index (χ0) is 14.5. The van der Waals surface area contributed by atoms with Gasteiger partial charge in [0, 0.05) is 12.6 Å². The lowest BCUT2D eigenvalue weighted by Crippen LogP contribution is -2.29. The highest BCUT2D eigenvalue weighted by molar-refractivity contribution is 5.59. The lowest BCUT2D eigenvalue weighted by atomic mass is 10.0. The number of nitrogens with zero attached hydrogens (tertiary/aromatic N) is 4. The van der Waals surface area contributed by atoms with Gasteiger partial charge >= 0.3 is 0 Å². The van der Waals surface area contributed by atoms with Crippen molar-refractivity contribution in [2.45, 2.75) is 65.3 Å². The second kappa shape index (κ2) is 6.69. The molecule has 0 aliphatic heterocycles. The van der Waals surface area contributed by atoms with Gasteiger partial charge in [0.25, 0.3) is 0 Å². The minimum atomic E-state index is 0.570. The van der Waals surface area contributed by atoms with Gasteiger partial charge in [-0.25, -0.2) is 0 Å². The van der Waals surface area contributed by atoms with Crippen LogP contribution in [0.4, 0.5) is 5.82 Å². The standard InChI is InChI=1S/C16H24N4/c1-4-7-10-20(12-8-9-12)16-14(11-17)13(5-2)15(6-3)18-19-16/h12H,4-10H2,1-3H3. The number of rotatable bonds is 7. The first-order valence-corrected chi connectivity index (χ1v) is 7.81. The summed E-state index contributed by atoms with van der Waals surface area (Å²) in [5.74, 6) is 0.817. The molecule has 0 spiro atoms. The molecule has 0 N–H and O–H groups in total. The molecule has 0 atom stereocenters. The lowest BCUT2D eigenvalue weighted by molar-refractivity contribution is 0.692. The molecule has 0 bridgehead atoms. The Morgan fingerprint density at radius 2 is 1.95 bits per heavy atom. The van der Waals surface area contributed by atoms with Crippen LogP contribution in [-0.2, 0) is 12.8 Å². The summed E-state index contributed by atoms with van der Waals surface area (Å²) in [5.41, 5.74) is 2.81. The number of aromatic nitrogens is 2. The van der Waals surface area contributed by atoms with Crippen molar-refractivity contribution in [2.75, 3.05) is 11.4 Å². The summed E-state index contributed by atoms with van der Waals surface area (Å²) >= 11 is 0. The van der Waals surface area contributed by atoms with Gasteiger partial charge in [-0.05, 0) is 37.7 Å². The highest BCUT2D eigenvalue weighted by atomic mass is 15.3. The molecule has 4 nitrogen and oxygen atoms in total. The fraction of sp³-hybridized carbons (Fsp3) is 0.688. The van der Waals surface area contributed by atoms with E-state index < -0.39 is 0 Å². The fourth-order valence-corrected chi connectivity index (χ4v) is 2.66. The minimum Gasteiger partial charge on any atom is -0.351 e. The Morgan fingerprint density at radius 3 is 2.45 bits per heavy atom. The first-order valence-electron chi connectivity index (χ1n) is 7.81. The molecule has 108 valence electrons. The van der Waals surface area contributed by atoms with Gasteiger partial charge in [-0.1, -0.05) is 27.2 Å². The quantitative estimate of drug-likeness (QED) is 0.764. The van der Waals surface area contributed by atoms with Crippen molar-refractivity contribution in [3.63, 3.8) is 0 Å². The summed E-state index contributed by atoms with van der Waals surface area (Å²) in [7, 11) is 0. The summed E-state index contributed by atoms with van der Waals surface area (Å²) in [6, 6.07) is 2.95. The summed E-state index contributed by atoms with van der Waals surface area (Å²) < 4.78 is 0. The average Bonchev–Trinajstić information content (AvgIpc) is 3.31. The maximum absolute atomic E-state index is 9.58. The van der Waals surface area contributed by atoms with Crippen LogP contribution in [0.5, 0.6) is 0 Å². The molecule has 0 radical (unpaired) electrons. The molecular weight excluding hydrogens is 248 g/mol. The van der Waals surface area contributed by atoms with Gasteiger partial charge in [0.2, 0.25) is 0 Å². The third-order valence-corrected chi connectivity index (χ3v) is 3.95. The molecule has 1 aromatic heterocycles. The van der Waals surface area contributed by atoms with Crippen LogP contribution in [0.3, 0.4) is 0 Å². The Kier molecular flexibility index (Phi) is 4.94. The zero-order valence-electron chi connectivity index (χ0n) is 12.8. The van der Waals surface area contributed by atoms with Crippen molar-refractivity contribution in [1.29, 1.82) is 5.26 Å². The van der Waals surface area contributed by atoms with Gasteiger partial charge in [0.15, 0.2) is 5.82 Å². The van der Waals surface area contributed by atoms with Crippen molar-refractivity contribution >= 4 is 5.82 Å². The number of aryl methyl sites for hydroxylation is 1. The average molecular weight is 272 g/mol. The predicted octanol–water partition coefficient (Wildman–Crippen LogP) is 3.24. The molecule has 1 saturated carbocycles. The largest absolute Gasteiger partial charge is 0.351 e. The zero-order valence-corrected chi connectivity index (χ0v) is 12.8. The summed E-state index contributed by atoms with van der Waals surface area (Å²) in [6.45, 7) is 7.34. The van der Waals surface area contributed by atoms with E-state index in [1.165, 1.54) is 12.8 Å². The molecule has 2 rings (SSSR count). The summed E-state index contributed by atoms with van der Waals surface area (Å²) in [6.07, 6.45) is 6.41. The van der Waals surface area contributed by atoms with Crippen LogP contribution < -0.4 is 4.90 Å². The van der Waals surface area contributed by atoms with Crippen molar-refractivity contribution in [1.82, 2.24) is 10.2 Å². The first-order chi connectivity index (χ1) is 9.76. The lowest BCUT2D eigenvalue weighted by Gasteiger charge is -2.25. The number of unbranched alkanes of at least 4 members (excludes halogenated alkanes) is 1. The molecule has 1 aromatic rings. The molecule has 0 unspecified atom stereocenters. The molecular formula is C16H24N4. The van der Waals surface area contributed by atoms with Crippen LogP contribution in [0.2, 0.25) is 0 Å². The highest BCUT2D eigenvalue weighted by Gasteiger charge is 2.32. The van der Waals surface area contributed by atoms with Crippen LogP contribution in [0, 0.1) is 11.3 Å². The second-order valence-corrected chi connectivity index (χ2v) is 5.42. The molecule has 1 fully saturated rings. The molecule has 1 aliphatic carbocycles. The third kappa shape index (κ3) is 2.92. The Hall–Kier alpha value is -1.63.